The number of hydrogen-bond acceptors (Lipinski definition) is 1. The summed E-state index contributed by atoms with van der Waals surface area (Å²) < 4.78 is 1.65. The van der Waals surface area contributed by atoms with Crippen LogP contribution in [0.1, 0.15) is 16.7 Å². The lowest BCUT2D eigenvalue weighted by Crippen LogP contribution is -2.22. The van der Waals surface area contributed by atoms with Crippen LogP contribution in [0.5, 0.6) is 0 Å². The van der Waals surface area contributed by atoms with E-state index in [2.05, 4.69) is 6.07 Å². The Morgan fingerprint density at radius 1 is 1.24 bits per heavy atom. The number of hydrogen-bond donors (Lipinski definition) is 0. The van der Waals surface area contributed by atoms with E-state index >= 15 is 0 Å². The standard InChI is InChI=1S/C14H14ClNO/c1-10-4-3-5-12(6-10)8-16-9-13(15)7-11(2)14(16)17/h3-7,9H,8H2,1-2H3. The van der Waals surface area contributed by atoms with Gasteiger partial charge in [-0.3, -0.25) is 4.79 Å². The molecule has 3 heteroatoms. The van der Waals surface area contributed by atoms with E-state index in [-0.39, 0.29) is 5.56 Å². The normalized spacial score (nSPS) is 10.5. The van der Waals surface area contributed by atoms with Crippen molar-refractivity contribution in [1.82, 2.24) is 4.57 Å². The zero-order valence-electron chi connectivity index (χ0n) is 9.90. The van der Waals surface area contributed by atoms with Crippen LogP contribution >= 0.6 is 11.6 Å². The minimum absolute atomic E-state index is 0.0101. The predicted molar refractivity (Wildman–Crippen MR) is 70.7 cm³/mol. The first-order valence-corrected chi connectivity index (χ1v) is 5.86. The van der Waals surface area contributed by atoms with Gasteiger partial charge in [0.05, 0.1) is 11.6 Å². The lowest BCUT2D eigenvalue weighted by molar-refractivity contribution is 0.752. The molecule has 0 aliphatic rings. The zero-order valence-corrected chi connectivity index (χ0v) is 10.7. The van der Waals surface area contributed by atoms with E-state index in [1.54, 1.807) is 23.8 Å². The molecule has 0 bridgehead atoms. The summed E-state index contributed by atoms with van der Waals surface area (Å²) in [7, 11) is 0. The highest BCUT2D eigenvalue weighted by Crippen LogP contribution is 2.10. The summed E-state index contributed by atoms with van der Waals surface area (Å²) in [5.41, 5.74) is 2.98. The predicted octanol–water partition coefficient (Wildman–Crippen LogP) is 3.17. The number of rotatable bonds is 2. The molecule has 2 rings (SSSR count). The second-order valence-electron chi connectivity index (χ2n) is 4.26. The first kappa shape index (κ1) is 11.9. The van der Waals surface area contributed by atoms with Gasteiger partial charge in [0.15, 0.2) is 0 Å². The third-order valence-corrected chi connectivity index (χ3v) is 2.87. The van der Waals surface area contributed by atoms with Crippen LogP contribution in [0.25, 0.3) is 0 Å². The molecule has 1 aromatic heterocycles. The van der Waals surface area contributed by atoms with Gasteiger partial charge in [-0.05, 0) is 25.5 Å². The Morgan fingerprint density at radius 3 is 2.71 bits per heavy atom. The fourth-order valence-corrected chi connectivity index (χ4v) is 2.15. The van der Waals surface area contributed by atoms with E-state index in [0.29, 0.717) is 17.1 Å². The Hall–Kier alpha value is -1.54. The summed E-state index contributed by atoms with van der Waals surface area (Å²) in [4.78, 5) is 11.9. The van der Waals surface area contributed by atoms with Gasteiger partial charge in [-0.2, -0.15) is 0 Å². The maximum atomic E-state index is 11.9. The van der Waals surface area contributed by atoms with Crippen LogP contribution in [-0.4, -0.2) is 4.57 Å². The molecule has 0 saturated heterocycles. The van der Waals surface area contributed by atoms with Gasteiger partial charge >= 0.3 is 0 Å². The molecule has 17 heavy (non-hydrogen) atoms. The molecule has 0 spiro atoms. The summed E-state index contributed by atoms with van der Waals surface area (Å²) in [5.74, 6) is 0. The number of halogens is 1. The van der Waals surface area contributed by atoms with Crippen molar-refractivity contribution in [3.8, 4) is 0 Å². The van der Waals surface area contributed by atoms with Crippen molar-refractivity contribution in [1.29, 1.82) is 0 Å². The van der Waals surface area contributed by atoms with E-state index in [9.17, 15) is 4.79 Å². The van der Waals surface area contributed by atoms with E-state index < -0.39 is 0 Å². The second kappa shape index (κ2) is 4.76. The quantitative estimate of drug-likeness (QED) is 0.799. The molecule has 0 fully saturated rings. The number of aromatic nitrogens is 1. The fraction of sp³-hybridized carbons (Fsp3) is 0.214. The Labute approximate surface area is 105 Å². The average Bonchev–Trinajstić information content (AvgIpc) is 2.25. The van der Waals surface area contributed by atoms with Crippen LogP contribution in [-0.2, 0) is 6.54 Å². The van der Waals surface area contributed by atoms with Crippen LogP contribution in [0.3, 0.4) is 0 Å². The zero-order chi connectivity index (χ0) is 12.4. The molecule has 0 aliphatic carbocycles. The van der Waals surface area contributed by atoms with Crippen molar-refractivity contribution in [2.24, 2.45) is 0 Å². The van der Waals surface area contributed by atoms with Crippen molar-refractivity contribution in [2.45, 2.75) is 20.4 Å². The molecule has 0 saturated carbocycles. The van der Waals surface area contributed by atoms with Crippen molar-refractivity contribution in [3.63, 3.8) is 0 Å². The maximum absolute atomic E-state index is 11.9. The van der Waals surface area contributed by atoms with Gasteiger partial charge in [-0.1, -0.05) is 41.4 Å². The van der Waals surface area contributed by atoms with Crippen LogP contribution in [0.2, 0.25) is 5.02 Å². The first-order chi connectivity index (χ1) is 8.06. The number of aryl methyl sites for hydroxylation is 2. The molecule has 0 radical (unpaired) electrons. The van der Waals surface area contributed by atoms with Crippen LogP contribution in [0.15, 0.2) is 41.3 Å². The molecule has 0 aliphatic heterocycles. The largest absolute Gasteiger partial charge is 0.309 e. The van der Waals surface area contributed by atoms with Crippen molar-refractivity contribution in [2.75, 3.05) is 0 Å². The molecule has 0 N–H and O–H groups in total. The minimum atomic E-state index is 0.0101. The van der Waals surface area contributed by atoms with Gasteiger partial charge in [0.2, 0.25) is 0 Å². The molecule has 1 heterocycles. The molecule has 2 nitrogen and oxygen atoms in total. The number of benzene rings is 1. The fourth-order valence-electron chi connectivity index (χ4n) is 1.86. The molecular weight excluding hydrogens is 234 g/mol. The second-order valence-corrected chi connectivity index (χ2v) is 4.70. The van der Waals surface area contributed by atoms with Crippen LogP contribution in [0.4, 0.5) is 0 Å². The highest BCUT2D eigenvalue weighted by Gasteiger charge is 2.03. The van der Waals surface area contributed by atoms with Crippen molar-refractivity contribution < 1.29 is 0 Å². The Balaban J connectivity index is 2.40. The Kier molecular flexibility index (Phi) is 3.34. The minimum Gasteiger partial charge on any atom is -0.309 e. The molecular formula is C14H14ClNO. The molecule has 2 aromatic rings. The highest BCUT2D eigenvalue weighted by molar-refractivity contribution is 6.30. The molecule has 0 amide bonds. The topological polar surface area (TPSA) is 22.0 Å². The van der Waals surface area contributed by atoms with Gasteiger partial charge in [-0.15, -0.1) is 0 Å². The lowest BCUT2D eigenvalue weighted by Gasteiger charge is -2.08. The van der Waals surface area contributed by atoms with Gasteiger partial charge in [0, 0.05) is 11.8 Å². The molecule has 0 unspecified atom stereocenters. The van der Waals surface area contributed by atoms with E-state index in [1.807, 2.05) is 25.1 Å². The monoisotopic (exact) mass is 247 g/mol. The molecule has 1 aromatic carbocycles. The smallest absolute Gasteiger partial charge is 0.253 e. The van der Waals surface area contributed by atoms with Gasteiger partial charge in [0.1, 0.15) is 0 Å². The summed E-state index contributed by atoms with van der Waals surface area (Å²) in [6, 6.07) is 9.80. The third-order valence-electron chi connectivity index (χ3n) is 2.67. The number of nitrogens with zero attached hydrogens (tertiary/aromatic N) is 1. The summed E-state index contributed by atoms with van der Waals surface area (Å²) in [6.45, 7) is 4.37. The molecule has 88 valence electrons. The SMILES string of the molecule is Cc1cccc(Cn2cc(Cl)cc(C)c2=O)c1. The van der Waals surface area contributed by atoms with Crippen molar-refractivity contribution >= 4 is 11.6 Å². The van der Waals surface area contributed by atoms with Gasteiger partial charge in [0.25, 0.3) is 5.56 Å². The lowest BCUT2D eigenvalue weighted by atomic mass is 10.1. The number of pyridine rings is 1. The highest BCUT2D eigenvalue weighted by atomic mass is 35.5. The Bertz CT molecular complexity index is 601. The maximum Gasteiger partial charge on any atom is 0.253 e. The van der Waals surface area contributed by atoms with E-state index in [0.717, 1.165) is 5.56 Å². The Morgan fingerprint density at radius 2 is 2.00 bits per heavy atom. The molecule has 0 atom stereocenters. The van der Waals surface area contributed by atoms with Crippen molar-refractivity contribution in [3.05, 3.63) is 68.6 Å². The summed E-state index contributed by atoms with van der Waals surface area (Å²) in [5, 5.41) is 0.592. The van der Waals surface area contributed by atoms with Crippen LogP contribution < -0.4 is 5.56 Å². The third kappa shape index (κ3) is 2.77. The first-order valence-electron chi connectivity index (χ1n) is 5.48. The average molecular weight is 248 g/mol. The van der Waals surface area contributed by atoms with E-state index in [1.165, 1.54) is 5.56 Å². The van der Waals surface area contributed by atoms with Gasteiger partial charge in [-0.25, -0.2) is 0 Å². The summed E-state index contributed by atoms with van der Waals surface area (Å²) >= 11 is 5.96. The summed E-state index contributed by atoms with van der Waals surface area (Å²) in [6.07, 6.45) is 1.68. The van der Waals surface area contributed by atoms with Crippen LogP contribution in [0, 0.1) is 13.8 Å². The van der Waals surface area contributed by atoms with E-state index in [4.69, 9.17) is 11.6 Å². The van der Waals surface area contributed by atoms with Gasteiger partial charge < -0.3 is 4.57 Å².